The van der Waals surface area contributed by atoms with Gasteiger partial charge in [-0.1, -0.05) is 24.3 Å². The number of nitrogens with one attached hydrogen (secondary N) is 1. The molecular weight excluding hydrogens is 326 g/mol. The van der Waals surface area contributed by atoms with Crippen molar-refractivity contribution >= 4 is 11.8 Å². The first kappa shape index (κ1) is 18.1. The molecule has 0 atom stereocenters. The highest BCUT2D eigenvalue weighted by Gasteiger charge is 2.23. The molecule has 2 aromatic rings. The predicted molar refractivity (Wildman–Crippen MR) is 101 cm³/mol. The molecule has 0 spiro atoms. The van der Waals surface area contributed by atoms with Gasteiger partial charge in [0.15, 0.2) is 0 Å². The van der Waals surface area contributed by atoms with Crippen LogP contribution < -0.4 is 5.32 Å². The molecule has 0 aliphatic carbocycles. The van der Waals surface area contributed by atoms with Gasteiger partial charge in [-0.2, -0.15) is 0 Å². The molecule has 26 heavy (non-hydrogen) atoms. The van der Waals surface area contributed by atoms with E-state index in [0.29, 0.717) is 24.4 Å². The van der Waals surface area contributed by atoms with Gasteiger partial charge in [-0.05, 0) is 48.9 Å². The van der Waals surface area contributed by atoms with Crippen molar-refractivity contribution in [3.63, 3.8) is 0 Å². The maximum absolute atomic E-state index is 12.5. The number of hydrogen-bond acceptors (Lipinski definition) is 3. The molecular formula is C21H25N3O2. The molecule has 1 fully saturated rings. The summed E-state index contributed by atoms with van der Waals surface area (Å²) in [7, 11) is 0. The number of amides is 2. The van der Waals surface area contributed by atoms with Crippen LogP contribution in [-0.4, -0.2) is 41.3 Å². The Bertz CT molecular complexity index is 753. The van der Waals surface area contributed by atoms with Crippen molar-refractivity contribution in [3.8, 4) is 0 Å². The van der Waals surface area contributed by atoms with Crippen molar-refractivity contribution in [2.45, 2.75) is 26.2 Å². The number of aromatic nitrogens is 1. The molecule has 1 N–H and O–H groups in total. The molecule has 5 heteroatoms. The highest BCUT2D eigenvalue weighted by atomic mass is 16.2. The van der Waals surface area contributed by atoms with Crippen molar-refractivity contribution < 1.29 is 9.59 Å². The minimum atomic E-state index is -0.0869. The molecule has 0 radical (unpaired) electrons. The number of piperidine rings is 1. The standard InChI is InChI=1S/C21H25N3O2/c1-16-5-2-3-6-18(16)13-20(25)24-11-8-17(9-12-24)14-23-21(26)19-7-4-10-22-15-19/h2-7,10,15,17H,8-9,11-14H2,1H3,(H,23,26). The summed E-state index contributed by atoms with van der Waals surface area (Å²) in [6, 6.07) is 11.6. The monoisotopic (exact) mass is 351 g/mol. The summed E-state index contributed by atoms with van der Waals surface area (Å²) in [6.07, 6.45) is 5.54. The van der Waals surface area contributed by atoms with Crippen LogP contribution in [0.5, 0.6) is 0 Å². The number of carbonyl (C=O) groups excluding carboxylic acids is 2. The molecule has 2 amide bonds. The number of rotatable bonds is 5. The van der Waals surface area contributed by atoms with E-state index in [1.165, 1.54) is 0 Å². The first-order valence-electron chi connectivity index (χ1n) is 9.14. The number of aryl methyl sites for hydroxylation is 1. The molecule has 5 nitrogen and oxygen atoms in total. The van der Waals surface area contributed by atoms with Gasteiger partial charge in [0.05, 0.1) is 12.0 Å². The van der Waals surface area contributed by atoms with Gasteiger partial charge >= 0.3 is 0 Å². The molecule has 0 bridgehead atoms. The third-order valence-corrected chi connectivity index (χ3v) is 5.05. The second-order valence-electron chi connectivity index (χ2n) is 6.88. The molecule has 2 heterocycles. The molecule has 0 saturated carbocycles. The molecule has 1 aromatic heterocycles. The highest BCUT2D eigenvalue weighted by molar-refractivity contribution is 5.93. The quantitative estimate of drug-likeness (QED) is 0.901. The molecule has 0 unspecified atom stereocenters. The lowest BCUT2D eigenvalue weighted by Crippen LogP contribution is -2.42. The SMILES string of the molecule is Cc1ccccc1CC(=O)N1CCC(CNC(=O)c2cccnc2)CC1. The number of pyridine rings is 1. The summed E-state index contributed by atoms with van der Waals surface area (Å²) in [5.74, 6) is 0.520. The van der Waals surface area contributed by atoms with Gasteiger partial charge in [0.25, 0.3) is 5.91 Å². The Kier molecular flexibility index (Phi) is 6.00. The van der Waals surface area contributed by atoms with Crippen molar-refractivity contribution in [2.24, 2.45) is 5.92 Å². The zero-order chi connectivity index (χ0) is 18.4. The molecule has 3 rings (SSSR count). The van der Waals surface area contributed by atoms with Crippen molar-refractivity contribution in [3.05, 3.63) is 65.5 Å². The lowest BCUT2D eigenvalue weighted by atomic mass is 9.96. The van der Waals surface area contributed by atoms with E-state index in [1.54, 1.807) is 24.5 Å². The van der Waals surface area contributed by atoms with Crippen molar-refractivity contribution in [1.29, 1.82) is 0 Å². The van der Waals surface area contributed by atoms with Crippen LogP contribution in [0.4, 0.5) is 0 Å². The molecule has 1 saturated heterocycles. The lowest BCUT2D eigenvalue weighted by molar-refractivity contribution is -0.131. The summed E-state index contributed by atoms with van der Waals surface area (Å²) in [5.41, 5.74) is 2.84. The van der Waals surface area contributed by atoms with E-state index in [9.17, 15) is 9.59 Å². The van der Waals surface area contributed by atoms with Gasteiger partial charge < -0.3 is 10.2 Å². The maximum Gasteiger partial charge on any atom is 0.252 e. The van der Waals surface area contributed by atoms with E-state index in [1.807, 2.05) is 36.1 Å². The van der Waals surface area contributed by atoms with Gasteiger partial charge in [-0.15, -0.1) is 0 Å². The number of nitrogens with zero attached hydrogens (tertiary/aromatic N) is 2. The van der Waals surface area contributed by atoms with Gasteiger partial charge in [0.1, 0.15) is 0 Å². The summed E-state index contributed by atoms with van der Waals surface area (Å²) >= 11 is 0. The first-order valence-corrected chi connectivity index (χ1v) is 9.14. The van der Waals surface area contributed by atoms with Gasteiger partial charge in [0.2, 0.25) is 5.91 Å². The summed E-state index contributed by atoms with van der Waals surface area (Å²) < 4.78 is 0. The Balaban J connectivity index is 1.43. The van der Waals surface area contributed by atoms with E-state index in [4.69, 9.17) is 0 Å². The van der Waals surface area contributed by atoms with Crippen molar-refractivity contribution in [1.82, 2.24) is 15.2 Å². The van der Waals surface area contributed by atoms with Gasteiger partial charge in [-0.25, -0.2) is 0 Å². The number of benzene rings is 1. The van der Waals surface area contributed by atoms with Crippen LogP contribution in [-0.2, 0) is 11.2 Å². The van der Waals surface area contributed by atoms with E-state index < -0.39 is 0 Å². The van der Waals surface area contributed by atoms with Gasteiger partial charge in [0, 0.05) is 32.0 Å². The zero-order valence-corrected chi connectivity index (χ0v) is 15.1. The Morgan fingerprint density at radius 3 is 2.62 bits per heavy atom. The van der Waals surface area contributed by atoms with E-state index in [2.05, 4.69) is 10.3 Å². The van der Waals surface area contributed by atoms with Crippen LogP contribution in [0.3, 0.4) is 0 Å². The van der Waals surface area contributed by atoms with Crippen LogP contribution in [0, 0.1) is 12.8 Å². The predicted octanol–water partition coefficient (Wildman–Crippen LogP) is 2.60. The van der Waals surface area contributed by atoms with E-state index >= 15 is 0 Å². The molecule has 136 valence electrons. The Morgan fingerprint density at radius 2 is 1.92 bits per heavy atom. The fraction of sp³-hybridized carbons (Fsp3) is 0.381. The van der Waals surface area contributed by atoms with Crippen LogP contribution in [0.15, 0.2) is 48.8 Å². The second kappa shape index (κ2) is 8.61. The molecule has 1 aliphatic rings. The van der Waals surface area contributed by atoms with Crippen LogP contribution in [0.1, 0.15) is 34.3 Å². The summed E-state index contributed by atoms with van der Waals surface area (Å²) in [6.45, 7) is 4.21. The van der Waals surface area contributed by atoms with Crippen molar-refractivity contribution in [2.75, 3.05) is 19.6 Å². The fourth-order valence-electron chi connectivity index (χ4n) is 3.31. The average molecular weight is 351 g/mol. The fourth-order valence-corrected chi connectivity index (χ4v) is 3.31. The average Bonchev–Trinajstić information content (AvgIpc) is 2.69. The third kappa shape index (κ3) is 4.69. The number of likely N-dealkylation sites (tertiary alicyclic amines) is 1. The molecule has 1 aromatic carbocycles. The minimum Gasteiger partial charge on any atom is -0.352 e. The highest BCUT2D eigenvalue weighted by Crippen LogP contribution is 2.18. The summed E-state index contributed by atoms with van der Waals surface area (Å²) in [5, 5.41) is 2.98. The Labute approximate surface area is 154 Å². The minimum absolute atomic E-state index is 0.0869. The topological polar surface area (TPSA) is 62.3 Å². The zero-order valence-electron chi connectivity index (χ0n) is 15.1. The van der Waals surface area contributed by atoms with Crippen LogP contribution in [0.2, 0.25) is 0 Å². The first-order chi connectivity index (χ1) is 12.6. The van der Waals surface area contributed by atoms with Crippen LogP contribution >= 0.6 is 0 Å². The van der Waals surface area contributed by atoms with Gasteiger partial charge in [-0.3, -0.25) is 14.6 Å². The normalized spacial score (nSPS) is 14.9. The molecule has 1 aliphatic heterocycles. The number of hydrogen-bond donors (Lipinski definition) is 1. The van der Waals surface area contributed by atoms with E-state index in [-0.39, 0.29) is 11.8 Å². The van der Waals surface area contributed by atoms with Crippen LogP contribution in [0.25, 0.3) is 0 Å². The third-order valence-electron chi connectivity index (χ3n) is 5.05. The number of carbonyl (C=O) groups is 2. The smallest absolute Gasteiger partial charge is 0.252 e. The van der Waals surface area contributed by atoms with E-state index in [0.717, 1.165) is 37.1 Å². The Morgan fingerprint density at radius 1 is 1.15 bits per heavy atom. The largest absolute Gasteiger partial charge is 0.352 e. The summed E-state index contributed by atoms with van der Waals surface area (Å²) in [4.78, 5) is 30.5. The maximum atomic E-state index is 12.5. The second-order valence-corrected chi connectivity index (χ2v) is 6.88. The Hall–Kier alpha value is -2.69. The lowest BCUT2D eigenvalue weighted by Gasteiger charge is -2.32.